The zero-order valence-corrected chi connectivity index (χ0v) is 12.5. The zero-order valence-electron chi connectivity index (χ0n) is 10.7. The minimum atomic E-state index is -0.598. The zero-order chi connectivity index (χ0) is 13.0. The number of carbonyl (C=O) groups is 1. The summed E-state index contributed by atoms with van der Waals surface area (Å²) >= 11 is 4.35. The first kappa shape index (κ1) is 16.3. The fraction of sp³-hybridized carbons (Fsp3) is 0.500. The Morgan fingerprint density at radius 2 is 2.00 bits per heavy atom. The number of carbonyl (C=O) groups excluding carboxylic acids is 1. The van der Waals surface area contributed by atoms with E-state index in [-0.39, 0.29) is 24.5 Å². The largest absolute Gasteiger partial charge is 0.461 e. The molecule has 1 aromatic rings. The van der Waals surface area contributed by atoms with Crippen molar-refractivity contribution in [1.82, 2.24) is 0 Å². The highest BCUT2D eigenvalue weighted by Crippen LogP contribution is 2.22. The first-order chi connectivity index (χ1) is 8.66. The van der Waals surface area contributed by atoms with E-state index < -0.39 is 6.04 Å². The van der Waals surface area contributed by atoms with E-state index in [1.807, 2.05) is 24.3 Å². The number of benzene rings is 1. The molecule has 0 spiro atoms. The van der Waals surface area contributed by atoms with Gasteiger partial charge in [0.25, 0.3) is 0 Å². The van der Waals surface area contributed by atoms with Crippen LogP contribution in [-0.2, 0) is 16.0 Å². The maximum Gasteiger partial charge on any atom is 0.323 e. The molecule has 0 amide bonds. The molecule has 3 nitrogen and oxygen atoms in total. The van der Waals surface area contributed by atoms with Crippen LogP contribution in [0.1, 0.15) is 31.2 Å². The Hall–Kier alpha value is -0.710. The molecule has 19 heavy (non-hydrogen) atoms. The first-order valence-electron chi connectivity index (χ1n) is 6.40. The van der Waals surface area contributed by atoms with Gasteiger partial charge in [-0.3, -0.25) is 4.79 Å². The van der Waals surface area contributed by atoms with Crippen molar-refractivity contribution in [2.45, 2.75) is 49.1 Å². The molecule has 106 valence electrons. The maximum atomic E-state index is 11.8. The number of halogens is 1. The van der Waals surface area contributed by atoms with Gasteiger partial charge in [0.2, 0.25) is 0 Å². The maximum absolute atomic E-state index is 11.8. The Morgan fingerprint density at radius 3 is 2.63 bits per heavy atom. The molecular weight excluding hydrogens is 282 g/mol. The summed E-state index contributed by atoms with van der Waals surface area (Å²) in [5.74, 6) is -0.293. The van der Waals surface area contributed by atoms with Gasteiger partial charge in [0.15, 0.2) is 0 Å². The van der Waals surface area contributed by atoms with Gasteiger partial charge in [-0.25, -0.2) is 0 Å². The molecule has 2 N–H and O–H groups in total. The molecule has 0 bridgehead atoms. The van der Waals surface area contributed by atoms with E-state index in [1.165, 1.54) is 0 Å². The first-order valence-corrected chi connectivity index (χ1v) is 6.84. The molecule has 0 saturated heterocycles. The van der Waals surface area contributed by atoms with Crippen molar-refractivity contribution in [2.24, 2.45) is 5.73 Å². The lowest BCUT2D eigenvalue weighted by Gasteiger charge is -2.16. The van der Waals surface area contributed by atoms with Crippen LogP contribution in [0.3, 0.4) is 0 Å². The van der Waals surface area contributed by atoms with Gasteiger partial charge in [0, 0.05) is 4.90 Å². The van der Waals surface area contributed by atoms with Crippen LogP contribution in [0.25, 0.3) is 0 Å². The van der Waals surface area contributed by atoms with Gasteiger partial charge in [-0.05, 0) is 43.7 Å². The van der Waals surface area contributed by atoms with E-state index in [1.54, 1.807) is 0 Å². The summed E-state index contributed by atoms with van der Waals surface area (Å²) in [4.78, 5) is 12.7. The summed E-state index contributed by atoms with van der Waals surface area (Å²) in [6.45, 7) is 0. The van der Waals surface area contributed by atoms with E-state index in [0.717, 1.165) is 36.1 Å². The van der Waals surface area contributed by atoms with Gasteiger partial charge in [0.1, 0.15) is 12.1 Å². The van der Waals surface area contributed by atoms with Crippen molar-refractivity contribution in [1.29, 1.82) is 0 Å². The van der Waals surface area contributed by atoms with Crippen LogP contribution in [0, 0.1) is 0 Å². The lowest BCUT2D eigenvalue weighted by molar-refractivity contribution is -0.150. The number of ether oxygens (including phenoxy) is 1. The summed E-state index contributed by atoms with van der Waals surface area (Å²) < 4.78 is 5.40. The third-order valence-electron chi connectivity index (χ3n) is 3.32. The molecule has 1 aromatic carbocycles. The van der Waals surface area contributed by atoms with Crippen LogP contribution in [0.15, 0.2) is 29.2 Å². The van der Waals surface area contributed by atoms with Gasteiger partial charge in [-0.1, -0.05) is 18.2 Å². The lowest BCUT2D eigenvalue weighted by atomic mass is 10.1. The van der Waals surface area contributed by atoms with Crippen LogP contribution >= 0.6 is 25.0 Å². The van der Waals surface area contributed by atoms with Crippen LogP contribution in [0.2, 0.25) is 0 Å². The lowest BCUT2D eigenvalue weighted by Crippen LogP contribution is -2.36. The third kappa shape index (κ3) is 4.71. The Kier molecular flexibility index (Phi) is 6.69. The average Bonchev–Trinajstić information content (AvgIpc) is 2.84. The van der Waals surface area contributed by atoms with Crippen LogP contribution in [0.5, 0.6) is 0 Å². The smallest absolute Gasteiger partial charge is 0.323 e. The molecule has 0 aliphatic heterocycles. The SMILES string of the molecule is Cl.NC(Cc1ccccc1S)C(=O)OC1CCCC1. The summed E-state index contributed by atoms with van der Waals surface area (Å²) in [6, 6.07) is 7.07. The highest BCUT2D eigenvalue weighted by molar-refractivity contribution is 7.80. The number of esters is 1. The predicted octanol–water partition coefficient (Wildman–Crippen LogP) is 2.75. The summed E-state index contributed by atoms with van der Waals surface area (Å²) in [7, 11) is 0. The van der Waals surface area contributed by atoms with Crippen LogP contribution in [-0.4, -0.2) is 18.1 Å². The summed E-state index contributed by atoms with van der Waals surface area (Å²) in [6.07, 6.45) is 4.79. The van der Waals surface area contributed by atoms with E-state index in [9.17, 15) is 4.79 Å². The fourth-order valence-corrected chi connectivity index (χ4v) is 2.51. The molecule has 1 unspecified atom stereocenters. The second-order valence-corrected chi connectivity index (χ2v) is 5.26. The minimum absolute atomic E-state index is 0. The highest BCUT2D eigenvalue weighted by atomic mass is 35.5. The molecule has 1 aliphatic carbocycles. The number of rotatable bonds is 4. The Balaban J connectivity index is 0.00000180. The summed E-state index contributed by atoms with van der Waals surface area (Å²) in [5.41, 5.74) is 6.87. The van der Waals surface area contributed by atoms with Crippen molar-refractivity contribution in [3.63, 3.8) is 0 Å². The monoisotopic (exact) mass is 301 g/mol. The molecule has 5 heteroatoms. The Bertz CT molecular complexity index is 422. The van der Waals surface area contributed by atoms with Gasteiger partial charge >= 0.3 is 5.97 Å². The molecule has 1 saturated carbocycles. The number of hydrogen-bond donors (Lipinski definition) is 2. The second-order valence-electron chi connectivity index (χ2n) is 4.78. The minimum Gasteiger partial charge on any atom is -0.461 e. The van der Waals surface area contributed by atoms with Crippen molar-refractivity contribution >= 4 is 31.0 Å². The van der Waals surface area contributed by atoms with Crippen molar-refractivity contribution in [3.05, 3.63) is 29.8 Å². The van der Waals surface area contributed by atoms with E-state index in [4.69, 9.17) is 10.5 Å². The molecule has 0 aromatic heterocycles. The van der Waals surface area contributed by atoms with Gasteiger partial charge in [0.05, 0.1) is 0 Å². The number of thiol groups is 1. The average molecular weight is 302 g/mol. The quantitative estimate of drug-likeness (QED) is 0.664. The van der Waals surface area contributed by atoms with Crippen molar-refractivity contribution in [2.75, 3.05) is 0 Å². The third-order valence-corrected chi connectivity index (χ3v) is 3.76. The molecule has 1 atom stereocenters. The number of nitrogens with two attached hydrogens (primary N) is 1. The molecule has 2 rings (SSSR count). The summed E-state index contributed by atoms with van der Waals surface area (Å²) in [5, 5.41) is 0. The van der Waals surface area contributed by atoms with Crippen LogP contribution < -0.4 is 5.73 Å². The predicted molar refractivity (Wildman–Crippen MR) is 81.0 cm³/mol. The highest BCUT2D eigenvalue weighted by Gasteiger charge is 2.23. The topological polar surface area (TPSA) is 52.3 Å². The van der Waals surface area contributed by atoms with Crippen molar-refractivity contribution in [3.8, 4) is 0 Å². The van der Waals surface area contributed by atoms with Gasteiger partial charge < -0.3 is 10.5 Å². The standard InChI is InChI=1S/C14H19NO2S.ClH/c15-12(9-10-5-1-4-8-13(10)18)14(16)17-11-6-2-3-7-11;/h1,4-5,8,11-12,18H,2-3,6-7,9,15H2;1H. The fourth-order valence-electron chi connectivity index (χ4n) is 2.26. The van der Waals surface area contributed by atoms with Gasteiger partial charge in [-0.2, -0.15) is 0 Å². The van der Waals surface area contributed by atoms with Crippen LogP contribution in [0.4, 0.5) is 0 Å². The normalized spacial score (nSPS) is 16.7. The Morgan fingerprint density at radius 1 is 1.37 bits per heavy atom. The molecule has 0 radical (unpaired) electrons. The van der Waals surface area contributed by atoms with Gasteiger partial charge in [-0.15, -0.1) is 25.0 Å². The van der Waals surface area contributed by atoms with E-state index in [0.29, 0.717) is 6.42 Å². The molecule has 1 aliphatic rings. The molecular formula is C14H20ClNO2S. The van der Waals surface area contributed by atoms with Crippen molar-refractivity contribution < 1.29 is 9.53 Å². The van der Waals surface area contributed by atoms with E-state index >= 15 is 0 Å². The molecule has 0 heterocycles. The Labute approximate surface area is 125 Å². The molecule has 1 fully saturated rings. The van der Waals surface area contributed by atoms with E-state index in [2.05, 4.69) is 12.6 Å². The second kappa shape index (κ2) is 7.78. The number of hydrogen-bond acceptors (Lipinski definition) is 4.